The summed E-state index contributed by atoms with van der Waals surface area (Å²) < 4.78 is 3.49. The van der Waals surface area contributed by atoms with Crippen molar-refractivity contribution in [3.05, 3.63) is 115 Å². The fourth-order valence-corrected chi connectivity index (χ4v) is 3.72. The molecule has 0 aliphatic rings. The Kier molecular flexibility index (Phi) is 6.25. The van der Waals surface area contributed by atoms with Gasteiger partial charge >= 0.3 is 0 Å². The Morgan fingerprint density at radius 1 is 0.943 bits per heavy atom. The number of carbonyl (C=O) groups is 1. The van der Waals surface area contributed by atoms with Crippen molar-refractivity contribution in [2.75, 3.05) is 0 Å². The lowest BCUT2D eigenvalue weighted by atomic mass is 10.1. The van der Waals surface area contributed by atoms with Crippen molar-refractivity contribution in [2.24, 2.45) is 0 Å². The Bertz CT molecular complexity index is 1420. The first-order valence-corrected chi connectivity index (χ1v) is 11.2. The van der Waals surface area contributed by atoms with Crippen molar-refractivity contribution in [3.63, 3.8) is 0 Å². The molecule has 0 fully saturated rings. The van der Waals surface area contributed by atoms with Crippen molar-refractivity contribution < 1.29 is 4.79 Å². The highest BCUT2D eigenvalue weighted by molar-refractivity contribution is 5.93. The van der Waals surface area contributed by atoms with Gasteiger partial charge in [-0.15, -0.1) is 0 Å². The Balaban J connectivity index is 1.33. The van der Waals surface area contributed by atoms with Crippen LogP contribution in [0.15, 0.2) is 104 Å². The Morgan fingerprint density at radius 3 is 2.46 bits per heavy atom. The van der Waals surface area contributed by atoms with Crippen LogP contribution in [-0.4, -0.2) is 35.4 Å². The number of rotatable bonds is 7. The molecule has 3 aromatic heterocycles. The maximum absolute atomic E-state index is 12.7. The summed E-state index contributed by atoms with van der Waals surface area (Å²) in [4.78, 5) is 20.9. The quantitative estimate of drug-likeness (QED) is 0.363. The number of nitrogens with one attached hydrogen (secondary N) is 1. The van der Waals surface area contributed by atoms with Crippen molar-refractivity contribution in [3.8, 4) is 22.6 Å². The van der Waals surface area contributed by atoms with E-state index >= 15 is 0 Å². The molecular formula is C27H23N7O. The topological polar surface area (TPSA) is 90.5 Å². The minimum atomic E-state index is -0.192. The molecule has 0 saturated heterocycles. The predicted octanol–water partition coefficient (Wildman–Crippen LogP) is 4.41. The van der Waals surface area contributed by atoms with Crippen LogP contribution in [0, 0.1) is 0 Å². The van der Waals surface area contributed by atoms with Crippen LogP contribution >= 0.6 is 0 Å². The van der Waals surface area contributed by atoms with E-state index in [-0.39, 0.29) is 11.9 Å². The summed E-state index contributed by atoms with van der Waals surface area (Å²) in [5, 5.41) is 11.9. The highest BCUT2D eigenvalue weighted by Crippen LogP contribution is 2.24. The van der Waals surface area contributed by atoms with Crippen LogP contribution in [0.4, 0.5) is 0 Å². The summed E-state index contributed by atoms with van der Waals surface area (Å²) in [6, 6.07) is 21.3. The standard InChI is InChI=1S/C27H23N7O/c1-20(21-9-12-25(13-10-21)34-19-29-18-30-34)31-26(35)14-11-23-17-33(24-7-3-2-4-8-24)32-27(23)22-6-5-15-28-16-22/h2-20H,1H3,(H,31,35)/b14-11+. The first-order chi connectivity index (χ1) is 17.2. The number of benzene rings is 2. The molecule has 0 bridgehead atoms. The van der Waals surface area contributed by atoms with Crippen LogP contribution in [0.5, 0.6) is 0 Å². The molecule has 1 unspecified atom stereocenters. The number of pyridine rings is 1. The van der Waals surface area contributed by atoms with Crippen molar-refractivity contribution in [2.45, 2.75) is 13.0 Å². The van der Waals surface area contributed by atoms with E-state index in [1.165, 1.54) is 12.4 Å². The maximum atomic E-state index is 12.7. The lowest BCUT2D eigenvalue weighted by Crippen LogP contribution is -2.24. The summed E-state index contributed by atoms with van der Waals surface area (Å²) >= 11 is 0. The van der Waals surface area contributed by atoms with Crippen LogP contribution in [0.1, 0.15) is 24.1 Å². The summed E-state index contributed by atoms with van der Waals surface area (Å²) in [5.41, 5.74) is 5.28. The molecule has 3 heterocycles. The average molecular weight is 462 g/mol. The average Bonchev–Trinajstić information content (AvgIpc) is 3.59. The molecule has 8 heteroatoms. The predicted molar refractivity (Wildman–Crippen MR) is 134 cm³/mol. The van der Waals surface area contributed by atoms with E-state index in [9.17, 15) is 4.79 Å². The fourth-order valence-electron chi connectivity index (χ4n) is 3.72. The summed E-state index contributed by atoms with van der Waals surface area (Å²) in [6.45, 7) is 1.95. The molecule has 35 heavy (non-hydrogen) atoms. The van der Waals surface area contributed by atoms with E-state index in [4.69, 9.17) is 5.10 Å². The molecule has 1 N–H and O–H groups in total. The summed E-state index contributed by atoms with van der Waals surface area (Å²) in [6.07, 6.45) is 11.8. The number of nitrogens with zero attached hydrogens (tertiary/aromatic N) is 6. The van der Waals surface area contributed by atoms with Gasteiger partial charge in [0.15, 0.2) is 0 Å². The van der Waals surface area contributed by atoms with Crippen molar-refractivity contribution in [1.29, 1.82) is 0 Å². The van der Waals surface area contributed by atoms with Crippen molar-refractivity contribution in [1.82, 2.24) is 34.8 Å². The zero-order chi connectivity index (χ0) is 24.0. The molecule has 0 spiro atoms. The number of aromatic nitrogens is 6. The third-order valence-electron chi connectivity index (χ3n) is 5.55. The van der Waals surface area contributed by atoms with Gasteiger partial charge in [-0.3, -0.25) is 9.78 Å². The van der Waals surface area contributed by atoms with Gasteiger partial charge in [0.05, 0.1) is 17.4 Å². The van der Waals surface area contributed by atoms with Gasteiger partial charge in [-0.1, -0.05) is 30.3 Å². The third-order valence-corrected chi connectivity index (χ3v) is 5.55. The molecule has 5 aromatic rings. The van der Waals surface area contributed by atoms with E-state index in [0.29, 0.717) is 0 Å². The van der Waals surface area contributed by atoms with Gasteiger partial charge in [-0.2, -0.15) is 10.2 Å². The Morgan fingerprint density at radius 2 is 1.74 bits per heavy atom. The highest BCUT2D eigenvalue weighted by Gasteiger charge is 2.12. The van der Waals surface area contributed by atoms with Gasteiger partial charge in [-0.05, 0) is 55.0 Å². The first kappa shape index (κ1) is 22.0. The molecule has 5 rings (SSSR count). The zero-order valence-electron chi connectivity index (χ0n) is 19.1. The highest BCUT2D eigenvalue weighted by atomic mass is 16.1. The summed E-state index contributed by atoms with van der Waals surface area (Å²) in [5.74, 6) is -0.192. The van der Waals surface area contributed by atoms with Gasteiger partial charge in [0.1, 0.15) is 18.3 Å². The molecule has 1 atom stereocenters. The minimum Gasteiger partial charge on any atom is -0.346 e. The van der Waals surface area contributed by atoms with Crippen LogP contribution in [0.2, 0.25) is 0 Å². The van der Waals surface area contributed by atoms with E-state index in [1.807, 2.05) is 79.9 Å². The second kappa shape index (κ2) is 9.96. The lowest BCUT2D eigenvalue weighted by molar-refractivity contribution is -0.117. The number of hydrogen-bond donors (Lipinski definition) is 1. The molecule has 0 aliphatic carbocycles. The number of para-hydroxylation sites is 1. The maximum Gasteiger partial charge on any atom is 0.244 e. The monoisotopic (exact) mass is 461 g/mol. The third kappa shape index (κ3) is 5.06. The number of carbonyl (C=O) groups excluding carboxylic acids is 1. The largest absolute Gasteiger partial charge is 0.346 e. The van der Waals surface area contributed by atoms with E-state index in [0.717, 1.165) is 33.8 Å². The van der Waals surface area contributed by atoms with Crippen molar-refractivity contribution >= 4 is 12.0 Å². The van der Waals surface area contributed by atoms with Gasteiger partial charge < -0.3 is 5.32 Å². The molecule has 8 nitrogen and oxygen atoms in total. The van der Waals surface area contributed by atoms with Gasteiger partial charge in [-0.25, -0.2) is 14.3 Å². The molecule has 2 aromatic carbocycles. The number of amides is 1. The Hall–Kier alpha value is -4.85. The molecular weight excluding hydrogens is 438 g/mol. The SMILES string of the molecule is CC(NC(=O)/C=C/c1cn(-c2ccccc2)nc1-c1cccnc1)c1ccc(-n2cncn2)cc1. The second-order valence-corrected chi connectivity index (χ2v) is 7.95. The van der Waals surface area contributed by atoms with Gasteiger partial charge in [0, 0.05) is 35.8 Å². The van der Waals surface area contributed by atoms with E-state index in [2.05, 4.69) is 20.4 Å². The van der Waals surface area contributed by atoms with Crippen LogP contribution in [-0.2, 0) is 4.79 Å². The van der Waals surface area contributed by atoms with Crippen LogP contribution < -0.4 is 5.32 Å². The van der Waals surface area contributed by atoms with Crippen LogP contribution in [0.3, 0.4) is 0 Å². The lowest BCUT2D eigenvalue weighted by Gasteiger charge is -2.13. The van der Waals surface area contributed by atoms with Crippen LogP contribution in [0.25, 0.3) is 28.7 Å². The smallest absolute Gasteiger partial charge is 0.244 e. The first-order valence-electron chi connectivity index (χ1n) is 11.2. The van der Waals surface area contributed by atoms with Gasteiger partial charge in [0.2, 0.25) is 5.91 Å². The molecule has 0 radical (unpaired) electrons. The normalized spacial score (nSPS) is 12.0. The fraction of sp³-hybridized carbons (Fsp3) is 0.0741. The van der Waals surface area contributed by atoms with E-state index in [1.54, 1.807) is 34.2 Å². The number of hydrogen-bond acceptors (Lipinski definition) is 5. The molecule has 172 valence electrons. The molecule has 0 saturated carbocycles. The van der Waals surface area contributed by atoms with E-state index < -0.39 is 0 Å². The molecule has 1 amide bonds. The zero-order valence-corrected chi connectivity index (χ0v) is 19.1. The Labute approximate surface area is 202 Å². The summed E-state index contributed by atoms with van der Waals surface area (Å²) in [7, 11) is 0. The minimum absolute atomic E-state index is 0.165. The van der Waals surface area contributed by atoms with Gasteiger partial charge in [0.25, 0.3) is 0 Å². The molecule has 0 aliphatic heterocycles. The second-order valence-electron chi connectivity index (χ2n) is 7.95.